The van der Waals surface area contributed by atoms with E-state index in [1.165, 1.54) is 0 Å². The van der Waals surface area contributed by atoms with Crippen LogP contribution in [0.25, 0.3) is 0 Å². The molecule has 186 valence electrons. The first-order valence-corrected chi connectivity index (χ1v) is 12.4. The number of hydrogen-bond acceptors (Lipinski definition) is 6. The van der Waals surface area contributed by atoms with E-state index in [2.05, 4.69) is 15.1 Å². The number of benzene rings is 2. The molecule has 2 amide bonds. The van der Waals surface area contributed by atoms with Gasteiger partial charge in [0, 0.05) is 38.3 Å². The first kappa shape index (κ1) is 23.6. The molecule has 3 aliphatic rings. The fourth-order valence-electron chi connectivity index (χ4n) is 5.74. The molecule has 1 saturated heterocycles. The normalized spacial score (nSPS) is 19.9. The molecule has 2 heterocycles. The molecule has 1 spiro atoms. The first-order chi connectivity index (χ1) is 17.0. The summed E-state index contributed by atoms with van der Waals surface area (Å²) in [5.41, 5.74) is 1.88. The molecule has 8 heteroatoms. The highest BCUT2D eigenvalue weighted by Gasteiger charge is 2.52. The van der Waals surface area contributed by atoms with Crippen molar-refractivity contribution < 1.29 is 19.1 Å². The molecule has 0 unspecified atom stereocenters. The fraction of sp³-hybridized carbons (Fsp3) is 0.481. The predicted octanol–water partition coefficient (Wildman–Crippen LogP) is 3.12. The van der Waals surface area contributed by atoms with Crippen LogP contribution in [-0.2, 0) is 16.1 Å². The van der Waals surface area contributed by atoms with Crippen LogP contribution in [0.4, 0.5) is 11.4 Å². The zero-order valence-corrected chi connectivity index (χ0v) is 20.6. The number of piperazine rings is 1. The van der Waals surface area contributed by atoms with Crippen molar-refractivity contribution >= 4 is 23.2 Å². The molecule has 0 aromatic heterocycles. The van der Waals surface area contributed by atoms with E-state index in [-0.39, 0.29) is 11.8 Å². The van der Waals surface area contributed by atoms with Crippen molar-refractivity contribution in [1.29, 1.82) is 0 Å². The molecule has 0 radical (unpaired) electrons. The molecule has 5 rings (SSSR count). The Morgan fingerprint density at radius 1 is 0.971 bits per heavy atom. The van der Waals surface area contributed by atoms with Gasteiger partial charge in [0.15, 0.2) is 0 Å². The number of carbonyl (C=O) groups is 2. The number of hydrogen-bond donors (Lipinski definition) is 1. The Bertz CT molecular complexity index is 1090. The van der Waals surface area contributed by atoms with Crippen LogP contribution in [0, 0.1) is 0 Å². The summed E-state index contributed by atoms with van der Waals surface area (Å²) in [7, 11) is 3.35. The first-order valence-electron chi connectivity index (χ1n) is 12.4. The molecule has 0 atom stereocenters. The lowest BCUT2D eigenvalue weighted by atomic mass is 9.89. The molecule has 2 aromatic rings. The van der Waals surface area contributed by atoms with Crippen molar-refractivity contribution in [2.45, 2.75) is 37.8 Å². The van der Waals surface area contributed by atoms with Crippen LogP contribution in [0.15, 0.2) is 42.5 Å². The van der Waals surface area contributed by atoms with E-state index in [1.54, 1.807) is 14.2 Å². The average molecular weight is 479 g/mol. The lowest BCUT2D eigenvalue weighted by Gasteiger charge is -2.45. The third-order valence-electron chi connectivity index (χ3n) is 7.63. The van der Waals surface area contributed by atoms with Crippen molar-refractivity contribution in [2.75, 3.05) is 57.2 Å². The van der Waals surface area contributed by atoms with E-state index in [9.17, 15) is 9.59 Å². The zero-order chi connectivity index (χ0) is 24.4. The molecule has 2 aromatic carbocycles. The number of fused-ring (bicyclic) bond motifs is 1. The van der Waals surface area contributed by atoms with Gasteiger partial charge in [-0.3, -0.25) is 24.3 Å². The monoisotopic (exact) mass is 478 g/mol. The molecular weight excluding hydrogens is 444 g/mol. The van der Waals surface area contributed by atoms with Crippen LogP contribution >= 0.6 is 0 Å². The smallest absolute Gasteiger partial charge is 0.250 e. The lowest BCUT2D eigenvalue weighted by molar-refractivity contribution is -0.128. The Kier molecular flexibility index (Phi) is 6.67. The molecule has 2 fully saturated rings. The minimum atomic E-state index is -0.754. The lowest BCUT2D eigenvalue weighted by Crippen LogP contribution is -2.62. The Balaban J connectivity index is 1.26. The van der Waals surface area contributed by atoms with Gasteiger partial charge in [0.05, 0.1) is 32.1 Å². The zero-order valence-electron chi connectivity index (χ0n) is 20.6. The molecule has 1 aliphatic carbocycles. The largest absolute Gasteiger partial charge is 0.497 e. The molecule has 2 aliphatic heterocycles. The van der Waals surface area contributed by atoms with Gasteiger partial charge >= 0.3 is 0 Å². The van der Waals surface area contributed by atoms with Crippen LogP contribution in [-0.4, -0.2) is 74.1 Å². The second kappa shape index (κ2) is 9.87. The molecule has 35 heavy (non-hydrogen) atoms. The number of methoxy groups -OCH3 is 2. The number of nitrogens with zero attached hydrogens (tertiary/aromatic N) is 3. The van der Waals surface area contributed by atoms with Crippen molar-refractivity contribution in [2.24, 2.45) is 0 Å². The highest BCUT2D eigenvalue weighted by molar-refractivity contribution is 6.15. The van der Waals surface area contributed by atoms with E-state index >= 15 is 0 Å². The van der Waals surface area contributed by atoms with E-state index in [4.69, 9.17) is 9.47 Å². The minimum Gasteiger partial charge on any atom is -0.497 e. The topological polar surface area (TPSA) is 74.4 Å². The summed E-state index contributed by atoms with van der Waals surface area (Å²) >= 11 is 0. The number of anilines is 2. The van der Waals surface area contributed by atoms with E-state index in [0.717, 1.165) is 86.8 Å². The number of para-hydroxylation sites is 2. The maximum absolute atomic E-state index is 13.7. The third kappa shape index (κ3) is 4.48. The number of nitrogens with one attached hydrogen (secondary N) is 1. The van der Waals surface area contributed by atoms with Gasteiger partial charge in [-0.2, -0.15) is 0 Å². The van der Waals surface area contributed by atoms with Crippen molar-refractivity contribution in [3.8, 4) is 11.5 Å². The summed E-state index contributed by atoms with van der Waals surface area (Å²) < 4.78 is 10.9. The standard InChI is InChI=1S/C27H34N4O4/c1-34-21-9-10-24(35-2)20(17-21)18-29-13-15-30(16-14-29)19-25(32)31-23-8-4-3-7-22(23)28-26(33)27(31)11-5-6-12-27/h3-4,7-10,17H,5-6,11-16,18-19H2,1-2H3,(H,28,33). The Labute approximate surface area is 206 Å². The third-order valence-corrected chi connectivity index (χ3v) is 7.63. The van der Waals surface area contributed by atoms with Gasteiger partial charge in [0.1, 0.15) is 17.0 Å². The Hall–Kier alpha value is -3.10. The Morgan fingerprint density at radius 2 is 1.69 bits per heavy atom. The summed E-state index contributed by atoms with van der Waals surface area (Å²) in [6, 6.07) is 13.5. The maximum atomic E-state index is 13.7. The van der Waals surface area contributed by atoms with Crippen molar-refractivity contribution in [3.63, 3.8) is 0 Å². The second-order valence-electron chi connectivity index (χ2n) is 9.67. The van der Waals surface area contributed by atoms with Gasteiger partial charge in [-0.25, -0.2) is 0 Å². The molecule has 1 N–H and O–H groups in total. The molecule has 1 saturated carbocycles. The van der Waals surface area contributed by atoms with Gasteiger partial charge in [0.2, 0.25) is 5.91 Å². The Morgan fingerprint density at radius 3 is 2.40 bits per heavy atom. The van der Waals surface area contributed by atoms with Crippen LogP contribution < -0.4 is 19.7 Å². The van der Waals surface area contributed by atoms with Crippen LogP contribution in [0.1, 0.15) is 31.2 Å². The van der Waals surface area contributed by atoms with E-state index in [0.29, 0.717) is 6.54 Å². The second-order valence-corrected chi connectivity index (χ2v) is 9.67. The molecule has 0 bridgehead atoms. The fourth-order valence-corrected chi connectivity index (χ4v) is 5.74. The van der Waals surface area contributed by atoms with Crippen LogP contribution in [0.5, 0.6) is 11.5 Å². The van der Waals surface area contributed by atoms with Gasteiger partial charge in [-0.1, -0.05) is 25.0 Å². The van der Waals surface area contributed by atoms with Crippen molar-refractivity contribution in [1.82, 2.24) is 9.80 Å². The number of carbonyl (C=O) groups excluding carboxylic acids is 2. The summed E-state index contributed by atoms with van der Waals surface area (Å²) in [6.07, 6.45) is 3.36. The van der Waals surface area contributed by atoms with Gasteiger partial charge in [0.25, 0.3) is 5.91 Å². The van der Waals surface area contributed by atoms with Crippen molar-refractivity contribution in [3.05, 3.63) is 48.0 Å². The maximum Gasteiger partial charge on any atom is 0.250 e. The SMILES string of the molecule is COc1ccc(OC)c(CN2CCN(CC(=O)N3c4ccccc4NC(=O)C34CCCC4)CC2)c1. The summed E-state index contributed by atoms with van der Waals surface area (Å²) in [5, 5.41) is 3.06. The number of ether oxygens (including phenoxy) is 2. The molecular formula is C27H34N4O4. The van der Waals surface area contributed by atoms with Gasteiger partial charge in [-0.05, 0) is 43.2 Å². The minimum absolute atomic E-state index is 0.0112. The van der Waals surface area contributed by atoms with Crippen LogP contribution in [0.3, 0.4) is 0 Å². The number of rotatable bonds is 6. The predicted molar refractivity (Wildman–Crippen MR) is 135 cm³/mol. The van der Waals surface area contributed by atoms with E-state index in [1.807, 2.05) is 47.4 Å². The van der Waals surface area contributed by atoms with Gasteiger partial charge < -0.3 is 14.8 Å². The highest BCUT2D eigenvalue weighted by atomic mass is 16.5. The summed E-state index contributed by atoms with van der Waals surface area (Å²) in [4.78, 5) is 33.3. The number of amides is 2. The summed E-state index contributed by atoms with van der Waals surface area (Å²) in [5.74, 6) is 1.64. The van der Waals surface area contributed by atoms with Gasteiger partial charge in [-0.15, -0.1) is 0 Å². The quantitative estimate of drug-likeness (QED) is 0.688. The molecule has 8 nitrogen and oxygen atoms in total. The van der Waals surface area contributed by atoms with Crippen LogP contribution in [0.2, 0.25) is 0 Å². The van der Waals surface area contributed by atoms with E-state index < -0.39 is 5.54 Å². The summed E-state index contributed by atoms with van der Waals surface area (Å²) in [6.45, 7) is 4.40. The average Bonchev–Trinajstić information content (AvgIpc) is 3.36. The highest BCUT2D eigenvalue weighted by Crippen LogP contribution is 2.45.